The van der Waals surface area contributed by atoms with Gasteiger partial charge in [-0.25, -0.2) is 19.7 Å². The molecule has 10 heteroatoms. The lowest BCUT2D eigenvalue weighted by Crippen LogP contribution is -2.38. The summed E-state index contributed by atoms with van der Waals surface area (Å²) in [5, 5.41) is 12.5. The minimum Gasteiger partial charge on any atom is -0.317 e. The summed E-state index contributed by atoms with van der Waals surface area (Å²) in [6.45, 7) is 1.59. The topological polar surface area (TPSA) is 142 Å². The van der Waals surface area contributed by atoms with Gasteiger partial charge in [0.25, 0.3) is 5.56 Å². The number of nitriles is 1. The van der Waals surface area contributed by atoms with Gasteiger partial charge in [0, 0.05) is 30.2 Å². The molecule has 0 aromatic carbocycles. The number of H-pyrrole nitrogens is 1. The van der Waals surface area contributed by atoms with Crippen molar-refractivity contribution in [2.45, 2.75) is 18.9 Å². The highest BCUT2D eigenvalue weighted by molar-refractivity contribution is 6.01. The Kier molecular flexibility index (Phi) is 4.30. The van der Waals surface area contributed by atoms with Gasteiger partial charge in [0.05, 0.1) is 22.1 Å². The number of nitrogens with zero attached hydrogens (tertiary/aromatic N) is 6. The van der Waals surface area contributed by atoms with E-state index < -0.39 is 11.2 Å². The molecule has 0 unspecified atom stereocenters. The zero-order valence-electron chi connectivity index (χ0n) is 15.8. The monoisotopic (exact) mass is 400 g/mol. The lowest BCUT2D eigenvalue weighted by Gasteiger charge is -2.26. The Bertz CT molecular complexity index is 1430. The van der Waals surface area contributed by atoms with E-state index in [1.165, 1.54) is 18.6 Å². The number of piperidine rings is 1. The maximum Gasteiger partial charge on any atom is 0.329 e. The Hall–Kier alpha value is -3.97. The molecule has 4 aromatic rings. The quantitative estimate of drug-likeness (QED) is 0.472. The van der Waals surface area contributed by atoms with E-state index in [1.807, 2.05) is 6.07 Å². The average molecular weight is 400 g/mol. The highest BCUT2D eigenvalue weighted by Crippen LogP contribution is 2.27. The zero-order valence-corrected chi connectivity index (χ0v) is 15.8. The summed E-state index contributed by atoms with van der Waals surface area (Å²) in [4.78, 5) is 44.8. The van der Waals surface area contributed by atoms with Crippen LogP contribution in [0.4, 0.5) is 0 Å². The molecule has 30 heavy (non-hydrogen) atoms. The Morgan fingerprint density at radius 2 is 1.83 bits per heavy atom. The van der Waals surface area contributed by atoms with Gasteiger partial charge < -0.3 is 5.32 Å². The van der Waals surface area contributed by atoms with Crippen molar-refractivity contribution in [1.29, 1.82) is 5.26 Å². The van der Waals surface area contributed by atoms with E-state index in [0.717, 1.165) is 25.9 Å². The van der Waals surface area contributed by atoms with Gasteiger partial charge in [-0.05, 0) is 38.1 Å². The molecule has 0 bridgehead atoms. The fourth-order valence-electron chi connectivity index (χ4n) is 3.88. The molecule has 5 rings (SSSR count). The van der Waals surface area contributed by atoms with Crippen molar-refractivity contribution < 1.29 is 0 Å². The molecule has 1 aliphatic rings. The molecule has 1 saturated heterocycles. The number of hydrogen-bond acceptors (Lipinski definition) is 8. The second-order valence-electron chi connectivity index (χ2n) is 7.10. The maximum absolute atomic E-state index is 12.8. The third-order valence-electron chi connectivity index (χ3n) is 5.33. The number of aromatic nitrogens is 6. The van der Waals surface area contributed by atoms with Crippen LogP contribution in [0.3, 0.4) is 0 Å². The molecular weight excluding hydrogens is 384 g/mol. The summed E-state index contributed by atoms with van der Waals surface area (Å²) >= 11 is 0. The van der Waals surface area contributed by atoms with E-state index >= 15 is 0 Å². The first-order valence-corrected chi connectivity index (χ1v) is 9.53. The Morgan fingerprint density at radius 1 is 1.07 bits per heavy atom. The van der Waals surface area contributed by atoms with Gasteiger partial charge in [-0.2, -0.15) is 5.26 Å². The smallest absolute Gasteiger partial charge is 0.317 e. The third-order valence-corrected chi connectivity index (χ3v) is 5.33. The molecular formula is C20H16N8O2. The molecule has 4 aromatic heterocycles. The van der Waals surface area contributed by atoms with Crippen molar-refractivity contribution in [2.24, 2.45) is 0 Å². The molecule has 148 valence electrons. The summed E-state index contributed by atoms with van der Waals surface area (Å²) in [5.74, 6) is 0.0675. The number of hydrogen-bond donors (Lipinski definition) is 2. The predicted molar refractivity (Wildman–Crippen MR) is 109 cm³/mol. The molecule has 5 heterocycles. The molecule has 0 amide bonds. The molecule has 0 radical (unpaired) electrons. The summed E-state index contributed by atoms with van der Waals surface area (Å²) < 4.78 is 1.65. The molecule has 0 aliphatic carbocycles. The van der Waals surface area contributed by atoms with Gasteiger partial charge in [0.2, 0.25) is 5.82 Å². The maximum atomic E-state index is 12.8. The minimum absolute atomic E-state index is 0.0487. The van der Waals surface area contributed by atoms with Crippen LogP contribution in [-0.2, 0) is 0 Å². The van der Waals surface area contributed by atoms with Crippen LogP contribution in [0.2, 0.25) is 0 Å². The lowest BCUT2D eigenvalue weighted by atomic mass is 10.1. The highest BCUT2D eigenvalue weighted by Gasteiger charge is 2.22. The van der Waals surface area contributed by atoms with Crippen molar-refractivity contribution in [3.8, 4) is 17.3 Å². The molecule has 1 aliphatic heterocycles. The van der Waals surface area contributed by atoms with Crippen molar-refractivity contribution in [3.05, 3.63) is 57.4 Å². The molecule has 1 fully saturated rings. The van der Waals surface area contributed by atoms with Crippen LogP contribution >= 0.6 is 0 Å². The molecule has 0 saturated carbocycles. The van der Waals surface area contributed by atoms with Gasteiger partial charge in [-0.15, -0.1) is 0 Å². The van der Waals surface area contributed by atoms with Crippen LogP contribution in [-0.4, -0.2) is 42.6 Å². The van der Waals surface area contributed by atoms with Crippen molar-refractivity contribution in [2.75, 3.05) is 13.1 Å². The average Bonchev–Trinajstić information content (AvgIpc) is 2.79. The lowest BCUT2D eigenvalue weighted by molar-refractivity contribution is 0.365. The van der Waals surface area contributed by atoms with E-state index in [1.54, 1.807) is 16.7 Å². The largest absolute Gasteiger partial charge is 0.329 e. The Balaban J connectivity index is 1.81. The number of fused-ring (bicyclic) bond motifs is 3. The van der Waals surface area contributed by atoms with Crippen molar-refractivity contribution >= 4 is 21.9 Å². The molecule has 10 nitrogen and oxygen atoms in total. The number of nitrogens with one attached hydrogen (secondary N) is 2. The SMILES string of the molecule is N#Cc1ncc(-c2ccc3ncc4c(=O)[nH]c(=O)n(C5CCNCC5)c4c3n2)cn1. The van der Waals surface area contributed by atoms with Crippen LogP contribution in [0, 0.1) is 11.3 Å². The molecule has 0 spiro atoms. The van der Waals surface area contributed by atoms with E-state index in [-0.39, 0.29) is 11.9 Å². The first kappa shape index (κ1) is 18.1. The van der Waals surface area contributed by atoms with Crippen LogP contribution in [0.15, 0.2) is 40.3 Å². The minimum atomic E-state index is -0.483. The second-order valence-corrected chi connectivity index (χ2v) is 7.10. The van der Waals surface area contributed by atoms with Gasteiger partial charge in [-0.3, -0.25) is 19.3 Å². The standard InChI is InChI=1S/C20H16N8O2/c21-7-16-24-8-11(9-25-16)14-1-2-15-17(26-14)18-13(10-23-15)19(29)27-20(30)28(18)12-3-5-22-6-4-12/h1-2,8-10,12,22H,3-6H2,(H,27,29,30). The Morgan fingerprint density at radius 3 is 2.57 bits per heavy atom. The van der Waals surface area contributed by atoms with Crippen LogP contribution in [0.5, 0.6) is 0 Å². The normalized spacial score (nSPS) is 14.8. The van der Waals surface area contributed by atoms with E-state index in [0.29, 0.717) is 33.2 Å². The first-order chi connectivity index (χ1) is 14.7. The fraction of sp³-hybridized carbons (Fsp3) is 0.250. The van der Waals surface area contributed by atoms with Crippen LogP contribution in [0.25, 0.3) is 33.2 Å². The van der Waals surface area contributed by atoms with Gasteiger partial charge >= 0.3 is 5.69 Å². The van der Waals surface area contributed by atoms with E-state index in [9.17, 15) is 9.59 Å². The number of rotatable bonds is 2. The first-order valence-electron chi connectivity index (χ1n) is 9.53. The second kappa shape index (κ2) is 7.13. The predicted octanol–water partition coefficient (Wildman–Crippen LogP) is 0.886. The van der Waals surface area contributed by atoms with Crippen molar-refractivity contribution in [1.82, 2.24) is 34.8 Å². The van der Waals surface area contributed by atoms with Crippen LogP contribution in [0.1, 0.15) is 24.7 Å². The van der Waals surface area contributed by atoms with E-state index in [4.69, 9.17) is 10.2 Å². The fourth-order valence-corrected chi connectivity index (χ4v) is 3.88. The van der Waals surface area contributed by atoms with Gasteiger partial charge in [0.15, 0.2) is 0 Å². The van der Waals surface area contributed by atoms with Crippen molar-refractivity contribution in [3.63, 3.8) is 0 Å². The third kappa shape index (κ3) is 2.92. The zero-order chi connectivity index (χ0) is 20.7. The molecule has 2 N–H and O–H groups in total. The summed E-state index contributed by atoms with van der Waals surface area (Å²) in [6.07, 6.45) is 6.07. The summed E-state index contributed by atoms with van der Waals surface area (Å²) in [5.41, 5.74) is 1.78. The summed E-state index contributed by atoms with van der Waals surface area (Å²) in [6, 6.07) is 5.39. The number of aromatic amines is 1. The van der Waals surface area contributed by atoms with Crippen LogP contribution < -0.4 is 16.6 Å². The van der Waals surface area contributed by atoms with E-state index in [2.05, 4.69) is 25.3 Å². The Labute approximate surface area is 169 Å². The van der Waals surface area contributed by atoms with Gasteiger partial charge in [-0.1, -0.05) is 0 Å². The van der Waals surface area contributed by atoms with Gasteiger partial charge in [0.1, 0.15) is 11.6 Å². The summed E-state index contributed by atoms with van der Waals surface area (Å²) in [7, 11) is 0. The highest BCUT2D eigenvalue weighted by atomic mass is 16.2. The number of pyridine rings is 2. The molecule has 0 atom stereocenters.